The molecule has 0 aliphatic rings. The van der Waals surface area contributed by atoms with Gasteiger partial charge in [-0.15, -0.1) is 0 Å². The number of nitrogens with zero attached hydrogens (tertiary/aromatic N) is 4. The first kappa shape index (κ1) is 10.8. The monoisotopic (exact) mass is 241 g/mol. The highest BCUT2D eigenvalue weighted by Gasteiger charge is 2.02. The molecule has 0 aliphatic carbocycles. The van der Waals surface area contributed by atoms with Crippen LogP contribution in [0.4, 0.5) is 5.69 Å². The Labute approximate surface area is 105 Å². The average molecular weight is 241 g/mol. The number of rotatable bonds is 4. The van der Waals surface area contributed by atoms with E-state index in [9.17, 15) is 0 Å². The molecule has 0 radical (unpaired) electrons. The lowest BCUT2D eigenvalue weighted by Gasteiger charge is -2.05. The lowest BCUT2D eigenvalue weighted by atomic mass is 10.2. The first-order chi connectivity index (χ1) is 8.83. The maximum absolute atomic E-state index is 5.80. The summed E-state index contributed by atoms with van der Waals surface area (Å²) in [6.45, 7) is 1.83. The second-order valence-corrected chi connectivity index (χ2v) is 4.34. The minimum atomic E-state index is 0.777. The molecule has 0 aliphatic heterocycles. The van der Waals surface area contributed by atoms with Gasteiger partial charge in [0.25, 0.3) is 0 Å². The summed E-state index contributed by atoms with van der Waals surface area (Å²) in [5, 5.41) is 5.52. The molecule has 0 atom stereocenters. The van der Waals surface area contributed by atoms with Gasteiger partial charge in [-0.1, -0.05) is 0 Å². The SMILES string of the molecule is Nc1ccc2cnn(CCCn3ccnc3)c2c1. The van der Waals surface area contributed by atoms with Gasteiger partial charge < -0.3 is 10.3 Å². The molecular formula is C13H15N5. The fourth-order valence-electron chi connectivity index (χ4n) is 2.09. The van der Waals surface area contributed by atoms with E-state index in [1.54, 1.807) is 6.20 Å². The smallest absolute Gasteiger partial charge is 0.0945 e. The fourth-order valence-corrected chi connectivity index (χ4v) is 2.09. The third-order valence-electron chi connectivity index (χ3n) is 3.01. The molecule has 0 bridgehead atoms. The Morgan fingerprint density at radius 1 is 1.22 bits per heavy atom. The number of hydrogen-bond acceptors (Lipinski definition) is 3. The molecule has 3 aromatic rings. The van der Waals surface area contributed by atoms with Crippen molar-refractivity contribution in [2.45, 2.75) is 19.5 Å². The Bertz CT molecular complexity index is 639. The van der Waals surface area contributed by atoms with Gasteiger partial charge in [-0.25, -0.2) is 4.98 Å². The molecule has 1 aromatic carbocycles. The number of benzene rings is 1. The maximum atomic E-state index is 5.80. The Hall–Kier alpha value is -2.30. The van der Waals surface area contributed by atoms with Crippen LogP contribution < -0.4 is 5.73 Å². The number of hydrogen-bond donors (Lipinski definition) is 1. The maximum Gasteiger partial charge on any atom is 0.0945 e. The van der Waals surface area contributed by atoms with E-state index < -0.39 is 0 Å². The van der Waals surface area contributed by atoms with E-state index >= 15 is 0 Å². The predicted octanol–water partition coefficient (Wildman–Crippen LogP) is 1.91. The molecule has 2 aromatic heterocycles. The normalized spacial score (nSPS) is 11.1. The summed E-state index contributed by atoms with van der Waals surface area (Å²) in [5.74, 6) is 0. The quantitative estimate of drug-likeness (QED) is 0.710. The molecule has 0 saturated heterocycles. The number of aromatic nitrogens is 4. The van der Waals surface area contributed by atoms with Crippen molar-refractivity contribution in [3.8, 4) is 0 Å². The van der Waals surface area contributed by atoms with Crippen molar-refractivity contribution in [2.24, 2.45) is 0 Å². The fraction of sp³-hybridized carbons (Fsp3) is 0.231. The summed E-state index contributed by atoms with van der Waals surface area (Å²) < 4.78 is 4.07. The van der Waals surface area contributed by atoms with Gasteiger partial charge >= 0.3 is 0 Å². The number of nitrogen functional groups attached to an aromatic ring is 1. The molecule has 2 N–H and O–H groups in total. The highest BCUT2D eigenvalue weighted by Crippen LogP contribution is 2.17. The number of imidazole rings is 1. The van der Waals surface area contributed by atoms with Crippen LogP contribution in [0.15, 0.2) is 43.1 Å². The first-order valence-electron chi connectivity index (χ1n) is 6.00. The van der Waals surface area contributed by atoms with Crippen LogP contribution in [0.1, 0.15) is 6.42 Å². The molecule has 0 amide bonds. The van der Waals surface area contributed by atoms with E-state index in [2.05, 4.69) is 14.6 Å². The number of anilines is 1. The standard InChI is InChI=1S/C13H15N5/c14-12-3-2-11-9-16-18(13(11)8-12)6-1-5-17-7-4-15-10-17/h2-4,7-10H,1,5-6,14H2. The highest BCUT2D eigenvalue weighted by atomic mass is 15.3. The summed E-state index contributed by atoms with van der Waals surface area (Å²) in [5.41, 5.74) is 7.68. The molecule has 2 heterocycles. The largest absolute Gasteiger partial charge is 0.399 e. The molecule has 0 spiro atoms. The highest BCUT2D eigenvalue weighted by molar-refractivity contribution is 5.81. The van der Waals surface area contributed by atoms with E-state index in [1.165, 1.54) is 0 Å². The molecule has 0 fully saturated rings. The number of aryl methyl sites for hydroxylation is 2. The van der Waals surface area contributed by atoms with Gasteiger partial charge in [-0.2, -0.15) is 5.10 Å². The molecule has 0 unspecified atom stereocenters. The molecule has 0 saturated carbocycles. The Kier molecular flexibility index (Phi) is 2.72. The summed E-state index contributed by atoms with van der Waals surface area (Å²) in [6, 6.07) is 5.88. The Morgan fingerprint density at radius 2 is 2.17 bits per heavy atom. The molecule has 18 heavy (non-hydrogen) atoms. The molecule has 5 heteroatoms. The van der Waals surface area contributed by atoms with Gasteiger partial charge in [0.2, 0.25) is 0 Å². The van der Waals surface area contributed by atoms with Gasteiger partial charge in [0, 0.05) is 36.6 Å². The van der Waals surface area contributed by atoms with Crippen molar-refractivity contribution in [3.05, 3.63) is 43.1 Å². The van der Waals surface area contributed by atoms with Crippen LogP contribution in [0.25, 0.3) is 10.9 Å². The van der Waals surface area contributed by atoms with Crippen LogP contribution in [0, 0.1) is 0 Å². The molecular weight excluding hydrogens is 226 g/mol. The first-order valence-corrected chi connectivity index (χ1v) is 6.00. The van der Waals surface area contributed by atoms with Crippen molar-refractivity contribution >= 4 is 16.6 Å². The summed E-state index contributed by atoms with van der Waals surface area (Å²) in [6.07, 6.45) is 8.50. The van der Waals surface area contributed by atoms with E-state index in [1.807, 2.05) is 41.6 Å². The van der Waals surface area contributed by atoms with E-state index in [0.29, 0.717) is 0 Å². The minimum Gasteiger partial charge on any atom is -0.399 e. The predicted molar refractivity (Wildman–Crippen MR) is 71.0 cm³/mol. The van der Waals surface area contributed by atoms with Crippen LogP contribution in [0.3, 0.4) is 0 Å². The van der Waals surface area contributed by atoms with Crippen molar-refractivity contribution in [3.63, 3.8) is 0 Å². The van der Waals surface area contributed by atoms with Gasteiger partial charge in [-0.3, -0.25) is 4.68 Å². The summed E-state index contributed by atoms with van der Waals surface area (Å²) in [7, 11) is 0. The van der Waals surface area contributed by atoms with Crippen LogP contribution in [-0.4, -0.2) is 19.3 Å². The lowest BCUT2D eigenvalue weighted by Crippen LogP contribution is -2.04. The van der Waals surface area contributed by atoms with Crippen molar-refractivity contribution in [1.82, 2.24) is 19.3 Å². The molecule has 3 rings (SSSR count). The zero-order valence-corrected chi connectivity index (χ0v) is 10.0. The van der Waals surface area contributed by atoms with E-state index in [0.717, 1.165) is 36.1 Å². The van der Waals surface area contributed by atoms with Crippen LogP contribution in [-0.2, 0) is 13.1 Å². The summed E-state index contributed by atoms with van der Waals surface area (Å²) >= 11 is 0. The van der Waals surface area contributed by atoms with Gasteiger partial charge in [0.05, 0.1) is 18.0 Å². The minimum absolute atomic E-state index is 0.777. The third kappa shape index (κ3) is 2.07. The van der Waals surface area contributed by atoms with E-state index in [4.69, 9.17) is 5.73 Å². The number of nitrogens with two attached hydrogens (primary N) is 1. The zero-order valence-electron chi connectivity index (χ0n) is 10.0. The second-order valence-electron chi connectivity index (χ2n) is 4.34. The second kappa shape index (κ2) is 4.52. The summed E-state index contributed by atoms with van der Waals surface area (Å²) in [4.78, 5) is 4.02. The van der Waals surface area contributed by atoms with Crippen molar-refractivity contribution in [1.29, 1.82) is 0 Å². The topological polar surface area (TPSA) is 61.7 Å². The van der Waals surface area contributed by atoms with Crippen LogP contribution in [0.2, 0.25) is 0 Å². The third-order valence-corrected chi connectivity index (χ3v) is 3.01. The lowest BCUT2D eigenvalue weighted by molar-refractivity contribution is 0.538. The number of fused-ring (bicyclic) bond motifs is 1. The van der Waals surface area contributed by atoms with Crippen molar-refractivity contribution < 1.29 is 0 Å². The molecule has 5 nitrogen and oxygen atoms in total. The Morgan fingerprint density at radius 3 is 3.00 bits per heavy atom. The molecule has 92 valence electrons. The van der Waals surface area contributed by atoms with Crippen molar-refractivity contribution in [2.75, 3.05) is 5.73 Å². The average Bonchev–Trinajstić information content (AvgIpc) is 2.99. The zero-order chi connectivity index (χ0) is 12.4. The van der Waals surface area contributed by atoms with Gasteiger partial charge in [0.1, 0.15) is 0 Å². The van der Waals surface area contributed by atoms with Gasteiger partial charge in [-0.05, 0) is 24.6 Å². The Balaban J connectivity index is 1.72. The van der Waals surface area contributed by atoms with Crippen LogP contribution in [0.5, 0.6) is 0 Å². The van der Waals surface area contributed by atoms with Crippen LogP contribution >= 0.6 is 0 Å². The van der Waals surface area contributed by atoms with E-state index in [-0.39, 0.29) is 0 Å². The van der Waals surface area contributed by atoms with Gasteiger partial charge in [0.15, 0.2) is 0 Å².